The molecule has 0 bridgehead atoms. The highest BCUT2D eigenvalue weighted by molar-refractivity contribution is 6.30. The molecule has 6 nitrogen and oxygen atoms in total. The van der Waals surface area contributed by atoms with E-state index in [1.807, 2.05) is 39.0 Å². The molecule has 1 aromatic heterocycles. The Labute approximate surface area is 218 Å². The maximum atomic E-state index is 15.2. The zero-order valence-electron chi connectivity index (χ0n) is 21.5. The molecule has 3 N–H and O–H groups in total. The number of benzene rings is 1. The van der Waals surface area contributed by atoms with Crippen LogP contribution in [0, 0.1) is 5.41 Å². The largest absolute Gasteiger partial charge is 0.471 e. The Morgan fingerprint density at radius 3 is 2.58 bits per heavy atom. The molecule has 0 radical (unpaired) electrons. The second-order valence-electron chi connectivity index (χ2n) is 11.4. The average molecular weight is 518 g/mol. The number of rotatable bonds is 8. The molecule has 0 saturated heterocycles. The topological polar surface area (TPSA) is 83.5 Å². The van der Waals surface area contributed by atoms with E-state index < -0.39 is 23.7 Å². The van der Waals surface area contributed by atoms with Crippen molar-refractivity contribution >= 4 is 17.5 Å². The van der Waals surface area contributed by atoms with E-state index >= 15 is 4.39 Å². The maximum Gasteiger partial charge on any atom is 0.218 e. The van der Waals surface area contributed by atoms with Crippen molar-refractivity contribution in [1.82, 2.24) is 15.6 Å². The Hall–Kier alpha value is -2.22. The molecule has 1 amide bonds. The zero-order valence-corrected chi connectivity index (χ0v) is 22.2. The van der Waals surface area contributed by atoms with Crippen LogP contribution in [0.1, 0.15) is 82.3 Å². The lowest BCUT2D eigenvalue weighted by Gasteiger charge is -2.47. The molecule has 1 aliphatic heterocycles. The molecule has 0 unspecified atom stereocenters. The number of aromatic nitrogens is 1. The van der Waals surface area contributed by atoms with Crippen LogP contribution in [0.4, 0.5) is 4.39 Å². The van der Waals surface area contributed by atoms with Gasteiger partial charge in [-0.25, -0.2) is 9.37 Å². The Morgan fingerprint density at radius 1 is 1.31 bits per heavy atom. The van der Waals surface area contributed by atoms with Crippen molar-refractivity contribution in [3.05, 3.63) is 58.2 Å². The fourth-order valence-corrected chi connectivity index (χ4v) is 5.20. The van der Waals surface area contributed by atoms with Crippen LogP contribution in [0.2, 0.25) is 5.02 Å². The van der Waals surface area contributed by atoms with Gasteiger partial charge < -0.3 is 20.5 Å². The molecule has 196 valence electrons. The molecule has 2 aliphatic rings. The molecule has 8 heteroatoms. The number of aliphatic hydroxyl groups excluding tert-OH is 1. The van der Waals surface area contributed by atoms with E-state index in [1.165, 1.54) is 6.92 Å². The van der Waals surface area contributed by atoms with Crippen LogP contribution in [0.5, 0.6) is 5.88 Å². The van der Waals surface area contributed by atoms with Crippen molar-refractivity contribution in [2.75, 3.05) is 6.54 Å². The summed E-state index contributed by atoms with van der Waals surface area (Å²) < 4.78 is 21.4. The summed E-state index contributed by atoms with van der Waals surface area (Å²) in [6, 6.07) is 8.61. The number of nitrogens with zero attached hydrogens (tertiary/aromatic N) is 1. The minimum Gasteiger partial charge on any atom is -0.471 e. The van der Waals surface area contributed by atoms with Crippen LogP contribution >= 0.6 is 11.6 Å². The maximum absolute atomic E-state index is 15.2. The van der Waals surface area contributed by atoms with Crippen molar-refractivity contribution in [2.45, 2.75) is 89.8 Å². The number of hydrogen-bond acceptors (Lipinski definition) is 5. The van der Waals surface area contributed by atoms with Crippen molar-refractivity contribution in [3.63, 3.8) is 0 Å². The highest BCUT2D eigenvalue weighted by atomic mass is 35.5. The highest BCUT2D eigenvalue weighted by Gasteiger charge is 2.46. The molecule has 1 spiro atoms. The van der Waals surface area contributed by atoms with Gasteiger partial charge in [-0.05, 0) is 54.9 Å². The minimum atomic E-state index is -1.16. The van der Waals surface area contributed by atoms with Crippen LogP contribution in [0.15, 0.2) is 36.5 Å². The number of halogens is 2. The number of aliphatic hydroxyl groups is 1. The van der Waals surface area contributed by atoms with Gasteiger partial charge in [-0.2, -0.15) is 0 Å². The van der Waals surface area contributed by atoms with E-state index in [0.717, 1.165) is 36.8 Å². The van der Waals surface area contributed by atoms with Gasteiger partial charge in [-0.3, -0.25) is 4.79 Å². The molecule has 1 saturated carbocycles. The Kier molecular flexibility index (Phi) is 7.93. The van der Waals surface area contributed by atoms with E-state index in [2.05, 4.69) is 15.6 Å². The summed E-state index contributed by atoms with van der Waals surface area (Å²) >= 11 is 6.00. The molecule has 1 fully saturated rings. The number of alkyl halides is 1. The fourth-order valence-electron chi connectivity index (χ4n) is 5.07. The van der Waals surface area contributed by atoms with Crippen molar-refractivity contribution in [3.8, 4) is 5.88 Å². The number of hydrogen-bond donors (Lipinski definition) is 3. The molecule has 2 aromatic rings. The van der Waals surface area contributed by atoms with Crippen LogP contribution < -0.4 is 15.4 Å². The number of ether oxygens (including phenoxy) is 1. The number of carbonyl (C=O) groups is 1. The quantitative estimate of drug-likeness (QED) is 0.446. The predicted molar refractivity (Wildman–Crippen MR) is 139 cm³/mol. The van der Waals surface area contributed by atoms with E-state index in [1.54, 1.807) is 18.3 Å². The average Bonchev–Trinajstić information content (AvgIpc) is 2.80. The molecular weight excluding hydrogens is 481 g/mol. The standard InChI is InChI=1S/C28H37ClFN3O3/c1-17(34)33-22(12-18-6-8-20(29)9-7-18)24(35)16-31-23-14-28(10-5-11-28)36-26-21(23)13-19(15-32-26)25(30)27(2,3)4/h6-9,13,15,22-25,31,35H,5,10-12,14,16H2,1-4H3,(H,33,34)/t22-,23-,24-,25-/m0/s1. The molecule has 4 atom stereocenters. The van der Waals surface area contributed by atoms with E-state index in [9.17, 15) is 9.90 Å². The Morgan fingerprint density at radius 2 is 2.00 bits per heavy atom. The van der Waals surface area contributed by atoms with Crippen molar-refractivity contribution in [1.29, 1.82) is 0 Å². The van der Waals surface area contributed by atoms with E-state index in [-0.39, 0.29) is 24.1 Å². The number of carbonyl (C=O) groups excluding carboxylic acids is 1. The zero-order chi connectivity index (χ0) is 26.1. The molecule has 1 aliphatic carbocycles. The minimum absolute atomic E-state index is 0.142. The van der Waals surface area contributed by atoms with Gasteiger partial charge in [0.2, 0.25) is 11.8 Å². The number of amides is 1. The monoisotopic (exact) mass is 517 g/mol. The third-order valence-electron chi connectivity index (χ3n) is 7.28. The lowest BCUT2D eigenvalue weighted by molar-refractivity contribution is -0.120. The first kappa shape index (κ1) is 26.8. The second kappa shape index (κ2) is 10.6. The predicted octanol–water partition coefficient (Wildman–Crippen LogP) is 5.24. The molecule has 36 heavy (non-hydrogen) atoms. The highest BCUT2D eigenvalue weighted by Crippen LogP contribution is 2.49. The number of pyridine rings is 1. The lowest BCUT2D eigenvalue weighted by atomic mass is 9.73. The van der Waals surface area contributed by atoms with Crippen LogP contribution in [0.25, 0.3) is 0 Å². The van der Waals surface area contributed by atoms with Gasteiger partial charge in [0.1, 0.15) is 11.8 Å². The fraction of sp³-hybridized carbons (Fsp3) is 0.571. The van der Waals surface area contributed by atoms with E-state index in [0.29, 0.717) is 22.9 Å². The van der Waals surface area contributed by atoms with Gasteiger partial charge in [-0.15, -0.1) is 0 Å². The smallest absolute Gasteiger partial charge is 0.218 e. The second-order valence-corrected chi connectivity index (χ2v) is 11.8. The Balaban J connectivity index is 1.52. The molecule has 2 heterocycles. The first-order chi connectivity index (χ1) is 17.0. The lowest BCUT2D eigenvalue weighted by Crippen LogP contribution is -2.52. The first-order valence-corrected chi connectivity index (χ1v) is 13.1. The molecule has 4 rings (SSSR count). The third kappa shape index (κ3) is 6.18. The van der Waals surface area contributed by atoms with Crippen LogP contribution in [-0.4, -0.2) is 40.3 Å². The summed E-state index contributed by atoms with van der Waals surface area (Å²) in [5.41, 5.74) is 1.50. The molecule has 1 aromatic carbocycles. The van der Waals surface area contributed by atoms with Crippen molar-refractivity contribution < 1.29 is 19.0 Å². The number of fused-ring (bicyclic) bond motifs is 1. The summed E-state index contributed by atoms with van der Waals surface area (Å²) in [5, 5.41) is 18.1. The van der Waals surface area contributed by atoms with Gasteiger partial charge in [-0.1, -0.05) is 44.5 Å². The van der Waals surface area contributed by atoms with Crippen LogP contribution in [-0.2, 0) is 11.2 Å². The Bertz CT molecular complexity index is 1070. The summed E-state index contributed by atoms with van der Waals surface area (Å²) in [4.78, 5) is 16.4. The summed E-state index contributed by atoms with van der Waals surface area (Å²) in [6.07, 6.45) is 3.78. The van der Waals surface area contributed by atoms with E-state index in [4.69, 9.17) is 16.3 Å². The summed E-state index contributed by atoms with van der Waals surface area (Å²) in [7, 11) is 0. The SMILES string of the molecule is CC(=O)N[C@@H](Cc1ccc(Cl)cc1)[C@@H](O)CN[C@H]1CC2(CCC2)Oc2ncc([C@H](F)C(C)(C)C)cc21. The summed E-state index contributed by atoms with van der Waals surface area (Å²) in [5.74, 6) is 0.334. The van der Waals surface area contributed by atoms with Gasteiger partial charge in [0.15, 0.2) is 0 Å². The normalized spacial score (nSPS) is 21.0. The van der Waals surface area contributed by atoms with Gasteiger partial charge >= 0.3 is 0 Å². The van der Waals surface area contributed by atoms with Gasteiger partial charge in [0.25, 0.3) is 0 Å². The first-order valence-electron chi connectivity index (χ1n) is 12.7. The third-order valence-corrected chi connectivity index (χ3v) is 7.53. The molecular formula is C28H37ClFN3O3. The summed E-state index contributed by atoms with van der Waals surface area (Å²) in [6.45, 7) is 7.30. The van der Waals surface area contributed by atoms with Crippen molar-refractivity contribution in [2.24, 2.45) is 5.41 Å². The van der Waals surface area contributed by atoms with Gasteiger partial charge in [0.05, 0.1) is 12.1 Å². The number of nitrogens with one attached hydrogen (secondary N) is 2. The van der Waals surface area contributed by atoms with Gasteiger partial charge in [0, 0.05) is 48.3 Å². The van der Waals surface area contributed by atoms with Crippen LogP contribution in [0.3, 0.4) is 0 Å².